The third-order valence-corrected chi connectivity index (χ3v) is 4.52. The number of aliphatic carboxylic acids is 1. The van der Waals surface area contributed by atoms with E-state index in [4.69, 9.17) is 11.6 Å². The van der Waals surface area contributed by atoms with Crippen molar-refractivity contribution in [2.24, 2.45) is 0 Å². The van der Waals surface area contributed by atoms with Crippen LogP contribution in [0.15, 0.2) is 54.7 Å². The van der Waals surface area contributed by atoms with E-state index in [9.17, 15) is 14.7 Å². The first-order valence-corrected chi connectivity index (χ1v) is 8.32. The van der Waals surface area contributed by atoms with Crippen LogP contribution in [-0.2, 0) is 11.2 Å². The topological polar surface area (TPSA) is 83.0 Å². The largest absolute Gasteiger partial charge is 0.481 e. The molecular weight excluding hydrogens is 352 g/mol. The Balaban J connectivity index is 1.88. The maximum absolute atomic E-state index is 13.0. The smallest absolute Gasteiger partial charge is 0.307 e. The highest BCUT2D eigenvalue weighted by Gasteiger charge is 2.22. The van der Waals surface area contributed by atoms with Crippen molar-refractivity contribution in [3.63, 3.8) is 0 Å². The van der Waals surface area contributed by atoms with Gasteiger partial charge in [0.15, 0.2) is 0 Å². The van der Waals surface area contributed by atoms with Crippen LogP contribution in [0.5, 0.6) is 0 Å². The third kappa shape index (κ3) is 2.82. The molecule has 0 aliphatic carbocycles. The van der Waals surface area contributed by atoms with Gasteiger partial charge in [-0.3, -0.25) is 14.6 Å². The quantitative estimate of drug-likeness (QED) is 0.531. The van der Waals surface area contributed by atoms with Crippen LogP contribution in [0.1, 0.15) is 21.7 Å². The van der Waals surface area contributed by atoms with Gasteiger partial charge in [-0.25, -0.2) is 0 Å². The average Bonchev–Trinajstić information content (AvgIpc) is 2.98. The van der Waals surface area contributed by atoms with Crippen molar-refractivity contribution >= 4 is 45.0 Å². The van der Waals surface area contributed by atoms with Crippen LogP contribution < -0.4 is 0 Å². The van der Waals surface area contributed by atoms with Gasteiger partial charge in [0.05, 0.1) is 12.1 Å². The van der Waals surface area contributed by atoms with Gasteiger partial charge in [0.25, 0.3) is 0 Å². The number of carbonyl (C=O) groups is 2. The molecule has 26 heavy (non-hydrogen) atoms. The van der Waals surface area contributed by atoms with Crippen molar-refractivity contribution in [2.45, 2.75) is 6.42 Å². The standard InChI is InChI=1S/C20H13ClN2O3/c21-13-5-6-16-14(8-13)15(9-18(24)25)19(23-16)20(26)17-7-11-3-1-2-4-12(11)10-22-17/h1-8,10,23H,9H2,(H,24,25). The van der Waals surface area contributed by atoms with E-state index < -0.39 is 5.97 Å². The highest BCUT2D eigenvalue weighted by Crippen LogP contribution is 2.28. The van der Waals surface area contributed by atoms with E-state index in [1.807, 2.05) is 24.3 Å². The number of hydrogen-bond donors (Lipinski definition) is 2. The number of nitrogens with zero attached hydrogens (tertiary/aromatic N) is 1. The molecule has 2 aromatic heterocycles. The second-order valence-electron chi connectivity index (χ2n) is 5.98. The van der Waals surface area contributed by atoms with E-state index >= 15 is 0 Å². The number of carboxylic acids is 1. The van der Waals surface area contributed by atoms with E-state index in [1.54, 1.807) is 30.5 Å². The summed E-state index contributed by atoms with van der Waals surface area (Å²) in [5.74, 6) is -1.37. The first-order valence-electron chi connectivity index (χ1n) is 7.94. The van der Waals surface area contributed by atoms with Crippen LogP contribution in [0.3, 0.4) is 0 Å². The number of nitrogens with one attached hydrogen (secondary N) is 1. The van der Waals surface area contributed by atoms with E-state index in [-0.39, 0.29) is 23.6 Å². The minimum Gasteiger partial charge on any atom is -0.481 e. The number of pyridine rings is 1. The SMILES string of the molecule is O=C(O)Cc1c(C(=O)c2cc3ccccc3cn2)[nH]c2ccc(Cl)cc12. The van der Waals surface area contributed by atoms with Crippen molar-refractivity contribution in [2.75, 3.05) is 0 Å². The summed E-state index contributed by atoms with van der Waals surface area (Å²) in [5.41, 5.74) is 1.56. The second kappa shape index (κ2) is 6.28. The van der Waals surface area contributed by atoms with E-state index in [1.165, 1.54) is 0 Å². The first-order chi connectivity index (χ1) is 12.5. The molecule has 0 fully saturated rings. The van der Waals surface area contributed by atoms with Crippen LogP contribution >= 0.6 is 11.6 Å². The molecule has 0 unspecified atom stereocenters. The van der Waals surface area contributed by atoms with Crippen LogP contribution in [0, 0.1) is 0 Å². The van der Waals surface area contributed by atoms with Crippen LogP contribution in [-0.4, -0.2) is 26.8 Å². The second-order valence-corrected chi connectivity index (χ2v) is 6.42. The zero-order chi connectivity index (χ0) is 18.3. The molecule has 0 radical (unpaired) electrons. The predicted octanol–water partition coefficient (Wildman–Crippen LogP) is 4.23. The zero-order valence-corrected chi connectivity index (χ0v) is 14.2. The fourth-order valence-electron chi connectivity index (χ4n) is 3.08. The zero-order valence-electron chi connectivity index (χ0n) is 13.5. The minimum absolute atomic E-state index is 0.229. The van der Waals surface area contributed by atoms with Gasteiger partial charge in [0.1, 0.15) is 5.69 Å². The molecule has 0 saturated carbocycles. The van der Waals surface area contributed by atoms with Gasteiger partial charge in [0, 0.05) is 33.1 Å². The molecule has 0 spiro atoms. The summed E-state index contributed by atoms with van der Waals surface area (Å²) >= 11 is 6.04. The van der Waals surface area contributed by atoms with Crippen LogP contribution in [0.2, 0.25) is 5.02 Å². The number of hydrogen-bond acceptors (Lipinski definition) is 3. The number of aromatic amines is 1. The summed E-state index contributed by atoms with van der Waals surface area (Å²) in [5, 5.41) is 12.2. The van der Waals surface area contributed by atoms with Gasteiger partial charge < -0.3 is 10.1 Å². The number of fused-ring (bicyclic) bond motifs is 2. The number of ketones is 1. The summed E-state index contributed by atoms with van der Waals surface area (Å²) in [6.07, 6.45) is 1.36. The van der Waals surface area contributed by atoms with E-state index in [0.29, 0.717) is 21.5 Å². The van der Waals surface area contributed by atoms with Gasteiger partial charge in [-0.05, 0) is 29.7 Å². The molecule has 4 aromatic rings. The lowest BCUT2D eigenvalue weighted by Crippen LogP contribution is -2.10. The normalized spacial score (nSPS) is 11.1. The number of H-pyrrole nitrogens is 1. The Kier molecular flexibility index (Phi) is 3.93. The van der Waals surface area contributed by atoms with Gasteiger partial charge in [-0.15, -0.1) is 0 Å². The molecule has 2 aromatic carbocycles. The Morgan fingerprint density at radius 1 is 1.08 bits per heavy atom. The van der Waals surface area contributed by atoms with E-state index in [2.05, 4.69) is 9.97 Å². The lowest BCUT2D eigenvalue weighted by atomic mass is 10.0. The highest BCUT2D eigenvalue weighted by atomic mass is 35.5. The molecule has 5 nitrogen and oxygen atoms in total. The number of rotatable bonds is 4. The summed E-state index contributed by atoms with van der Waals surface area (Å²) < 4.78 is 0. The molecular formula is C20H13ClN2O3. The average molecular weight is 365 g/mol. The Bertz CT molecular complexity index is 1180. The monoisotopic (exact) mass is 364 g/mol. The van der Waals surface area contributed by atoms with Crippen molar-refractivity contribution in [1.29, 1.82) is 0 Å². The number of carbonyl (C=O) groups excluding carboxylic acids is 1. The maximum Gasteiger partial charge on any atom is 0.307 e. The number of halogens is 1. The van der Waals surface area contributed by atoms with Crippen molar-refractivity contribution in [3.8, 4) is 0 Å². The van der Waals surface area contributed by atoms with Crippen molar-refractivity contribution in [1.82, 2.24) is 9.97 Å². The Hall–Kier alpha value is -3.18. The fourth-order valence-corrected chi connectivity index (χ4v) is 3.26. The summed E-state index contributed by atoms with van der Waals surface area (Å²) in [4.78, 5) is 31.6. The molecule has 2 heterocycles. The van der Waals surface area contributed by atoms with Gasteiger partial charge >= 0.3 is 5.97 Å². The Morgan fingerprint density at radius 3 is 2.62 bits per heavy atom. The van der Waals surface area contributed by atoms with Crippen LogP contribution in [0.25, 0.3) is 21.7 Å². The van der Waals surface area contributed by atoms with E-state index in [0.717, 1.165) is 10.8 Å². The lowest BCUT2D eigenvalue weighted by Gasteiger charge is -2.04. The Morgan fingerprint density at radius 2 is 1.85 bits per heavy atom. The molecule has 0 bridgehead atoms. The van der Waals surface area contributed by atoms with Crippen LogP contribution in [0.4, 0.5) is 0 Å². The Labute approximate surface area is 153 Å². The van der Waals surface area contributed by atoms with Crippen molar-refractivity contribution in [3.05, 3.63) is 76.7 Å². The number of aromatic nitrogens is 2. The molecule has 0 atom stereocenters. The maximum atomic E-state index is 13.0. The van der Waals surface area contributed by atoms with Gasteiger partial charge in [0.2, 0.25) is 5.78 Å². The molecule has 0 aliphatic heterocycles. The minimum atomic E-state index is -1.02. The highest BCUT2D eigenvalue weighted by molar-refractivity contribution is 6.31. The van der Waals surface area contributed by atoms with Gasteiger partial charge in [-0.2, -0.15) is 0 Å². The summed E-state index contributed by atoms with van der Waals surface area (Å²) in [6.45, 7) is 0. The molecule has 0 saturated heterocycles. The molecule has 2 N–H and O–H groups in total. The summed E-state index contributed by atoms with van der Waals surface area (Å²) in [6, 6.07) is 14.4. The first kappa shape index (κ1) is 16.3. The van der Waals surface area contributed by atoms with Gasteiger partial charge in [-0.1, -0.05) is 35.9 Å². The summed E-state index contributed by atoms with van der Waals surface area (Å²) in [7, 11) is 0. The molecule has 128 valence electrons. The predicted molar refractivity (Wildman–Crippen MR) is 99.8 cm³/mol. The molecule has 6 heteroatoms. The fraction of sp³-hybridized carbons (Fsp3) is 0.0500. The number of carboxylic acid groups (broad SMARTS) is 1. The van der Waals surface area contributed by atoms with Crippen molar-refractivity contribution < 1.29 is 14.7 Å². The molecule has 0 amide bonds. The lowest BCUT2D eigenvalue weighted by molar-refractivity contribution is -0.136. The molecule has 4 rings (SSSR count). The third-order valence-electron chi connectivity index (χ3n) is 4.29. The molecule has 0 aliphatic rings. The number of benzene rings is 2.